The number of aliphatic hydroxyl groups excluding tert-OH is 2. The van der Waals surface area contributed by atoms with Gasteiger partial charge in [-0.1, -0.05) is 4.98 Å². The van der Waals surface area contributed by atoms with Crippen molar-refractivity contribution in [2.45, 2.75) is 24.5 Å². The van der Waals surface area contributed by atoms with Crippen LogP contribution in [0.15, 0.2) is 11.1 Å². The number of aromatic amines is 1. The molecule has 0 saturated carbocycles. The summed E-state index contributed by atoms with van der Waals surface area (Å²) >= 11 is 0. The predicted octanol–water partition coefficient (Wildman–Crippen LogP) is -3.33. The van der Waals surface area contributed by atoms with Crippen molar-refractivity contribution in [1.29, 1.82) is 0 Å². The molecule has 0 bridgehead atoms. The summed E-state index contributed by atoms with van der Waals surface area (Å²) in [7, 11) is -9.30. The zero-order valence-electron chi connectivity index (χ0n) is 16.0. The van der Waals surface area contributed by atoms with Gasteiger partial charge in [0, 0.05) is 0 Å². The topological polar surface area (TPSA) is 316 Å². The van der Waals surface area contributed by atoms with Gasteiger partial charge in [0.05, 0.1) is 13.7 Å². The molecule has 3 rings (SSSR count). The lowest BCUT2D eigenvalue weighted by Crippen LogP contribution is -2.46. The Hall–Kier alpha value is -1.79. The van der Waals surface area contributed by atoms with Crippen LogP contribution in [0.5, 0.6) is 0 Å². The Morgan fingerprint density at radius 3 is 2.55 bits per heavy atom. The van der Waals surface area contributed by atoms with Crippen LogP contribution in [-0.2, 0) is 29.7 Å². The molecule has 20 heteroatoms. The molecule has 1 aliphatic heterocycles. The number of H-pyrrole nitrogens is 1. The van der Waals surface area contributed by atoms with Crippen molar-refractivity contribution in [3.8, 4) is 0 Å². The molecular weight excluding hydrogens is 468 g/mol. The largest absolute Gasteiger partial charge is 0.756 e. The van der Waals surface area contributed by atoms with E-state index in [-0.39, 0.29) is 29.4 Å². The first-order valence-corrected chi connectivity index (χ1v) is 10.8. The van der Waals surface area contributed by atoms with Gasteiger partial charge in [-0.05, 0) is 0 Å². The molecule has 3 heterocycles. The van der Waals surface area contributed by atoms with Gasteiger partial charge in [0.2, 0.25) is 11.7 Å². The molecule has 2 aromatic rings. The highest BCUT2D eigenvalue weighted by Gasteiger charge is 2.47. The Labute approximate surface area is 173 Å². The highest BCUT2D eigenvalue weighted by atomic mass is 31.3. The van der Waals surface area contributed by atoms with Crippen molar-refractivity contribution in [1.82, 2.24) is 26.8 Å². The maximum absolute atomic E-state index is 12.1. The first kappa shape index (κ1) is 27.2. The molecule has 5 atom stereocenters. The van der Waals surface area contributed by atoms with E-state index in [1.807, 2.05) is 0 Å². The number of nitrogens with zero attached hydrogens (tertiary/aromatic N) is 3. The van der Waals surface area contributed by atoms with E-state index in [4.69, 9.17) is 20.3 Å². The number of aromatic nitrogens is 4. The molecule has 18 nitrogen and oxygen atoms in total. The number of aliphatic hydroxyl groups is 2. The van der Waals surface area contributed by atoms with Crippen molar-refractivity contribution in [3.63, 3.8) is 0 Å². The van der Waals surface area contributed by atoms with Crippen LogP contribution in [-0.4, -0.2) is 59.5 Å². The second-order valence-electron chi connectivity index (χ2n) is 6.12. The van der Waals surface area contributed by atoms with Gasteiger partial charge < -0.3 is 52.2 Å². The lowest BCUT2D eigenvalue weighted by atomic mass is 10.1. The Balaban J connectivity index is 0.00000240. The number of phosphoric acid groups is 2. The summed E-state index contributed by atoms with van der Waals surface area (Å²) in [5.74, 6) is -0.211. The Morgan fingerprint density at radius 2 is 1.97 bits per heavy atom. The van der Waals surface area contributed by atoms with Crippen LogP contribution in [0.1, 0.15) is 6.23 Å². The van der Waals surface area contributed by atoms with Crippen molar-refractivity contribution >= 4 is 32.8 Å². The predicted molar refractivity (Wildman–Crippen MR) is 98.6 cm³/mol. The quantitative estimate of drug-likeness (QED) is 0.145. The van der Waals surface area contributed by atoms with E-state index in [1.54, 1.807) is 0 Å². The second-order valence-corrected chi connectivity index (χ2v) is 8.91. The molecule has 1 saturated heterocycles. The normalized spacial score (nSPS) is 25.6. The summed E-state index contributed by atoms with van der Waals surface area (Å²) < 4.78 is 37.9. The van der Waals surface area contributed by atoms with Gasteiger partial charge in [0.15, 0.2) is 6.33 Å². The number of fused-ring (bicyclic) bond motifs is 1. The van der Waals surface area contributed by atoms with E-state index in [2.05, 4.69) is 18.8 Å². The SMILES string of the molecule is Cn1c[n+]([C@@H]2O[C@H](COP(=O)([O-])OP(=O)(O)O)[C@@H](O)[C@H]2O)c2nc(N)[nH]c(=O)c21.N.N. The molecule has 178 valence electrons. The fourth-order valence-corrected chi connectivity index (χ4v) is 4.43. The van der Waals surface area contributed by atoms with E-state index in [0.717, 1.165) is 0 Å². The van der Waals surface area contributed by atoms with Crippen LogP contribution in [0, 0.1) is 0 Å². The zero-order chi connectivity index (χ0) is 21.7. The third kappa shape index (κ3) is 5.72. The summed E-state index contributed by atoms with van der Waals surface area (Å²) in [4.78, 5) is 46.8. The number of nitrogens with two attached hydrogens (primary N) is 1. The zero-order valence-corrected chi connectivity index (χ0v) is 17.8. The molecule has 13 N–H and O–H groups in total. The third-order valence-electron chi connectivity index (χ3n) is 4.00. The highest BCUT2D eigenvalue weighted by molar-refractivity contribution is 7.60. The average molecular weight is 491 g/mol. The van der Waals surface area contributed by atoms with Crippen LogP contribution < -0.4 is 33.1 Å². The maximum Gasteiger partial charge on any atom is 0.476 e. The molecule has 0 amide bonds. The van der Waals surface area contributed by atoms with E-state index in [1.165, 1.54) is 22.5 Å². The number of phosphoric ester groups is 1. The Bertz CT molecular complexity index is 1080. The number of nitrogens with one attached hydrogen (secondary N) is 1. The summed E-state index contributed by atoms with van der Waals surface area (Å²) in [5, 5.41) is 20.4. The van der Waals surface area contributed by atoms with Crippen LogP contribution in [0.4, 0.5) is 5.95 Å². The van der Waals surface area contributed by atoms with Crippen molar-refractivity contribution in [2.24, 2.45) is 7.05 Å². The number of hydrogen-bond acceptors (Lipinski definition) is 13. The van der Waals surface area contributed by atoms with Crippen molar-refractivity contribution in [3.05, 3.63) is 16.7 Å². The molecule has 0 radical (unpaired) electrons. The third-order valence-corrected chi connectivity index (χ3v) is 6.12. The number of aryl methyl sites for hydroxylation is 1. The van der Waals surface area contributed by atoms with Gasteiger partial charge in [0.25, 0.3) is 19.3 Å². The average Bonchev–Trinajstić information content (AvgIpc) is 3.01. The lowest BCUT2D eigenvalue weighted by molar-refractivity contribution is -0.745. The second kappa shape index (κ2) is 9.37. The summed E-state index contributed by atoms with van der Waals surface area (Å²) in [6, 6.07) is 0. The molecule has 0 aromatic carbocycles. The van der Waals surface area contributed by atoms with Gasteiger partial charge in [-0.3, -0.25) is 18.9 Å². The van der Waals surface area contributed by atoms with Gasteiger partial charge in [-0.15, -0.1) is 0 Å². The first-order valence-electron chi connectivity index (χ1n) is 7.79. The fraction of sp³-hybridized carbons (Fsp3) is 0.545. The molecule has 2 aromatic heterocycles. The van der Waals surface area contributed by atoms with Crippen molar-refractivity contribution in [2.75, 3.05) is 12.3 Å². The number of anilines is 1. The van der Waals surface area contributed by atoms with Crippen LogP contribution in [0.25, 0.3) is 11.2 Å². The van der Waals surface area contributed by atoms with Crippen molar-refractivity contribution < 1.29 is 52.2 Å². The first-order chi connectivity index (χ1) is 13.3. The van der Waals surface area contributed by atoms with Crippen LogP contribution >= 0.6 is 15.6 Å². The molecule has 0 aliphatic carbocycles. The summed E-state index contributed by atoms with van der Waals surface area (Å²) in [6.45, 7) is -0.920. The summed E-state index contributed by atoms with van der Waals surface area (Å²) in [6.07, 6.45) is -4.66. The van der Waals surface area contributed by atoms with Gasteiger partial charge in [-0.2, -0.15) is 0 Å². The Morgan fingerprint density at radius 1 is 1.35 bits per heavy atom. The smallest absolute Gasteiger partial charge is 0.476 e. The number of hydrogen-bond donors (Lipinski definition) is 8. The number of ether oxygens (including phenoxy) is 1. The molecule has 1 unspecified atom stereocenters. The standard InChI is InChI=1S/C11H17N5O11P2.2H3N/c1-15-3-16(8-5(15)9(19)14-11(12)13-8)10-7(18)6(17)4(26-10)2-25-29(23,24)27-28(20,21)22;;/h3-4,6-7,10,17-18H,2H2,1H3,(H5-,12,13,14,19,20,21,22,23,24);2*1H3/t4-,6-,7-,10-;;/m1../s1. The number of nitrogen functional groups attached to an aromatic ring is 1. The van der Waals surface area contributed by atoms with E-state index >= 15 is 0 Å². The molecule has 1 aliphatic rings. The van der Waals surface area contributed by atoms with Crippen LogP contribution in [0.2, 0.25) is 0 Å². The molecular formula is C11H23N7O11P2. The Kier molecular flexibility index (Phi) is 8.24. The number of rotatable bonds is 6. The molecule has 0 spiro atoms. The minimum absolute atomic E-state index is 0. The number of imidazole rings is 1. The molecule has 31 heavy (non-hydrogen) atoms. The van der Waals surface area contributed by atoms with Gasteiger partial charge in [-0.25, -0.2) is 13.4 Å². The maximum atomic E-state index is 12.1. The molecule has 1 fully saturated rings. The minimum atomic E-state index is -5.42. The van der Waals surface area contributed by atoms with Gasteiger partial charge in [0.1, 0.15) is 18.3 Å². The minimum Gasteiger partial charge on any atom is -0.756 e. The highest BCUT2D eigenvalue weighted by Crippen LogP contribution is 2.55. The fourth-order valence-electron chi connectivity index (χ4n) is 2.87. The lowest BCUT2D eigenvalue weighted by Gasteiger charge is -2.24. The van der Waals surface area contributed by atoms with E-state index in [9.17, 15) is 29.0 Å². The van der Waals surface area contributed by atoms with E-state index < -0.39 is 52.4 Å². The van der Waals surface area contributed by atoms with E-state index in [0.29, 0.717) is 0 Å². The van der Waals surface area contributed by atoms with Crippen LogP contribution in [0.3, 0.4) is 0 Å². The summed E-state index contributed by atoms with van der Waals surface area (Å²) in [5.41, 5.74) is 5.07. The monoisotopic (exact) mass is 491 g/mol. The van der Waals surface area contributed by atoms with Gasteiger partial charge >= 0.3 is 13.5 Å².